The van der Waals surface area contributed by atoms with Crippen LogP contribution in [-0.2, 0) is 22.7 Å². The van der Waals surface area contributed by atoms with Crippen LogP contribution in [0.1, 0.15) is 0 Å². The van der Waals surface area contributed by atoms with Crippen LogP contribution < -0.4 is 0 Å². The molecule has 0 spiro atoms. The Morgan fingerprint density at radius 3 is 1.50 bits per heavy atom. The SMILES string of the molecule is [Cl][Ag].[O]=[Pb]. The third-order valence-electron chi connectivity index (χ3n) is 0. The average Bonchev–Trinajstić information content (AvgIpc) is 1.50. The summed E-state index contributed by atoms with van der Waals surface area (Å²) in [6.45, 7) is 0. The molecule has 0 saturated carbocycles. The van der Waals surface area contributed by atoms with E-state index in [0.29, 0.717) is 0 Å². The molecule has 1 nitrogen and oxygen atoms in total. The molecule has 0 bridgehead atoms. The van der Waals surface area contributed by atoms with Crippen LogP contribution in [0.2, 0.25) is 0 Å². The van der Waals surface area contributed by atoms with E-state index in [2.05, 4.69) is 29.2 Å². The Balaban J connectivity index is 0. The Labute approximate surface area is 57.0 Å². The van der Waals surface area contributed by atoms with Gasteiger partial charge in [-0.2, -0.15) is 0 Å². The Kier molecular flexibility index (Phi) is 50.3. The van der Waals surface area contributed by atoms with Crippen molar-refractivity contribution in [2.45, 2.75) is 0 Å². The van der Waals surface area contributed by atoms with Gasteiger partial charge in [0.2, 0.25) is 0 Å². The van der Waals surface area contributed by atoms with Gasteiger partial charge in [-0.15, -0.1) is 0 Å². The van der Waals surface area contributed by atoms with Gasteiger partial charge in [-0.05, 0) is 0 Å². The molecular formula is AgClOPb. The average molecular weight is 367 g/mol. The minimum atomic E-state index is 0.0556. The summed E-state index contributed by atoms with van der Waals surface area (Å²) in [6.07, 6.45) is 0. The first kappa shape index (κ1) is 9.23. The Morgan fingerprint density at radius 1 is 1.50 bits per heavy atom. The Morgan fingerprint density at radius 2 is 1.50 bits per heavy atom. The van der Waals surface area contributed by atoms with E-state index in [0.717, 1.165) is 0 Å². The first-order valence-electron chi connectivity index (χ1n) is 0.318. The fourth-order valence-electron chi connectivity index (χ4n) is 0. The molecule has 0 aromatic carbocycles. The maximum absolute atomic E-state index is 8.39. The number of rotatable bonds is 0. The predicted molar refractivity (Wildman–Crippen MR) is 12.3 cm³/mol. The first-order chi connectivity index (χ1) is 2.00. The Hall–Kier alpha value is 1.75. The van der Waals surface area contributed by atoms with Crippen molar-refractivity contribution in [3.8, 4) is 0 Å². The third kappa shape index (κ3) is 9.26. The third-order valence-corrected chi connectivity index (χ3v) is 0. The molecule has 4 heteroatoms. The first-order valence-corrected chi connectivity index (χ1v) is 3.81. The molecule has 28 valence electrons. The Bertz CT molecular complexity index is 8.00. The molecule has 2 radical (unpaired) electrons. The van der Waals surface area contributed by atoms with E-state index in [4.69, 9.17) is 2.69 Å². The van der Waals surface area contributed by atoms with Crippen molar-refractivity contribution in [2.75, 3.05) is 0 Å². The van der Waals surface area contributed by atoms with E-state index < -0.39 is 0 Å². The molecule has 0 atom stereocenters. The molecule has 0 rings (SSSR count). The molecule has 0 aliphatic carbocycles. The van der Waals surface area contributed by atoms with Crippen LogP contribution in [-0.4, -0.2) is 25.8 Å². The van der Waals surface area contributed by atoms with Gasteiger partial charge in [0, 0.05) is 0 Å². The summed E-state index contributed by atoms with van der Waals surface area (Å²) in [5, 5.41) is 0. The summed E-state index contributed by atoms with van der Waals surface area (Å²) >= 11 is 2.48. The van der Waals surface area contributed by atoms with E-state index in [-0.39, 0.29) is 25.8 Å². The normalized spacial score (nSPS) is 2.75. The number of halogens is 1. The predicted octanol–water partition coefficient (Wildman–Crippen LogP) is 0.187. The quantitative estimate of drug-likeness (QED) is 0.560. The molecule has 0 aliphatic rings. The van der Waals surface area contributed by atoms with Crippen molar-refractivity contribution in [3.05, 3.63) is 0 Å². The topological polar surface area (TPSA) is 17.1 Å². The zero-order chi connectivity index (χ0) is 4.00. The number of hydrogen-bond donors (Lipinski definition) is 0. The summed E-state index contributed by atoms with van der Waals surface area (Å²) in [7, 11) is 4.45. The summed E-state index contributed by atoms with van der Waals surface area (Å²) in [5.74, 6) is 0. The molecule has 0 aromatic heterocycles. The van der Waals surface area contributed by atoms with Crippen molar-refractivity contribution in [1.29, 1.82) is 0 Å². The maximum atomic E-state index is 8.39. The molecule has 0 N–H and O–H groups in total. The summed E-state index contributed by atoms with van der Waals surface area (Å²) in [4.78, 5) is 0. The zero-order valence-electron chi connectivity index (χ0n) is 1.59. The molecule has 0 fully saturated rings. The van der Waals surface area contributed by atoms with Gasteiger partial charge in [0.15, 0.2) is 0 Å². The van der Waals surface area contributed by atoms with Gasteiger partial charge in [-0.1, -0.05) is 0 Å². The number of hydrogen-bond acceptors (Lipinski definition) is 1. The van der Waals surface area contributed by atoms with Gasteiger partial charge >= 0.3 is 57.6 Å². The van der Waals surface area contributed by atoms with Crippen LogP contribution in [0.25, 0.3) is 0 Å². The molecule has 4 heavy (non-hydrogen) atoms. The van der Waals surface area contributed by atoms with Crippen LogP contribution in [0.3, 0.4) is 0 Å². The molecular weight excluding hydrogens is 367 g/mol. The second kappa shape index (κ2) is 21.8. The van der Waals surface area contributed by atoms with Crippen LogP contribution in [0.5, 0.6) is 0 Å². The van der Waals surface area contributed by atoms with E-state index in [1.807, 2.05) is 0 Å². The fourth-order valence-corrected chi connectivity index (χ4v) is 0. The molecule has 0 amide bonds. The standard InChI is InChI=1S/Ag.ClH.O.Pb/h;1H;;/q+1;;;/p-1. The summed E-state index contributed by atoms with van der Waals surface area (Å²) in [6, 6.07) is 0. The van der Waals surface area contributed by atoms with Gasteiger partial charge in [0.05, 0.1) is 0 Å². The summed E-state index contributed by atoms with van der Waals surface area (Å²) < 4.78 is 8.39. The molecule has 0 unspecified atom stereocenters. The molecule has 0 heterocycles. The van der Waals surface area contributed by atoms with Crippen molar-refractivity contribution in [2.24, 2.45) is 0 Å². The van der Waals surface area contributed by atoms with Gasteiger partial charge in [-0.3, -0.25) is 0 Å². The molecule has 0 saturated heterocycles. The van der Waals surface area contributed by atoms with E-state index in [9.17, 15) is 0 Å². The second-order valence-corrected chi connectivity index (χ2v) is 0. The van der Waals surface area contributed by atoms with Crippen molar-refractivity contribution < 1.29 is 22.7 Å². The van der Waals surface area contributed by atoms with Gasteiger partial charge < -0.3 is 0 Å². The van der Waals surface area contributed by atoms with Gasteiger partial charge in [0.1, 0.15) is 0 Å². The van der Waals surface area contributed by atoms with Gasteiger partial charge in [0.25, 0.3) is 0 Å². The van der Waals surface area contributed by atoms with Crippen molar-refractivity contribution in [1.82, 2.24) is 0 Å². The van der Waals surface area contributed by atoms with E-state index in [1.165, 1.54) is 0 Å². The second-order valence-electron chi connectivity index (χ2n) is 0. The van der Waals surface area contributed by atoms with Crippen LogP contribution in [0, 0.1) is 0 Å². The molecule has 0 aromatic rings. The van der Waals surface area contributed by atoms with Crippen LogP contribution in [0.15, 0.2) is 0 Å². The van der Waals surface area contributed by atoms with Crippen LogP contribution in [0.4, 0.5) is 0 Å². The van der Waals surface area contributed by atoms with Gasteiger partial charge in [-0.25, -0.2) is 0 Å². The molecule has 0 aliphatic heterocycles. The van der Waals surface area contributed by atoms with Crippen LogP contribution >= 0.6 is 9.19 Å². The summed E-state index contributed by atoms with van der Waals surface area (Å²) in [5.41, 5.74) is 0. The zero-order valence-corrected chi connectivity index (χ0v) is 7.71. The monoisotopic (exact) mass is 366 g/mol. The van der Waals surface area contributed by atoms with Crippen molar-refractivity contribution in [3.63, 3.8) is 0 Å². The van der Waals surface area contributed by atoms with E-state index >= 15 is 0 Å². The van der Waals surface area contributed by atoms with Crippen molar-refractivity contribution >= 4 is 35.0 Å². The fraction of sp³-hybridized carbons (Fsp3) is 0. The van der Waals surface area contributed by atoms with E-state index in [1.54, 1.807) is 0 Å². The minimum absolute atomic E-state index is 0.0556.